The Morgan fingerprint density at radius 1 is 1.03 bits per heavy atom. The minimum absolute atomic E-state index is 0.207. The summed E-state index contributed by atoms with van der Waals surface area (Å²) in [5, 5.41) is 6.65. The SMILES string of the molecule is COc1ccc(C(=O)NCC(=O)Nc2ccc3c(Cl)ccc(C)c3n2)cc1OC. The lowest BCUT2D eigenvalue weighted by Crippen LogP contribution is -2.33. The molecule has 0 atom stereocenters. The Hall–Kier alpha value is -3.32. The fourth-order valence-electron chi connectivity index (χ4n) is 2.82. The van der Waals surface area contributed by atoms with E-state index in [-0.39, 0.29) is 6.54 Å². The van der Waals surface area contributed by atoms with E-state index >= 15 is 0 Å². The van der Waals surface area contributed by atoms with Gasteiger partial charge in [-0.15, -0.1) is 0 Å². The first-order chi connectivity index (χ1) is 13.9. The maximum Gasteiger partial charge on any atom is 0.251 e. The molecule has 3 aromatic rings. The molecule has 2 amide bonds. The largest absolute Gasteiger partial charge is 0.493 e. The number of nitrogens with zero attached hydrogens (tertiary/aromatic N) is 1. The number of nitrogens with one attached hydrogen (secondary N) is 2. The van der Waals surface area contributed by atoms with E-state index in [2.05, 4.69) is 15.6 Å². The molecule has 0 aliphatic rings. The van der Waals surface area contributed by atoms with Crippen LogP contribution in [0.25, 0.3) is 10.9 Å². The molecule has 0 fully saturated rings. The normalized spacial score (nSPS) is 10.5. The third-order valence-corrected chi connectivity index (χ3v) is 4.66. The molecule has 2 N–H and O–H groups in total. The van der Waals surface area contributed by atoms with Crippen LogP contribution < -0.4 is 20.1 Å². The lowest BCUT2D eigenvalue weighted by atomic mass is 10.1. The molecule has 0 saturated carbocycles. The third kappa shape index (κ3) is 4.57. The summed E-state index contributed by atoms with van der Waals surface area (Å²) in [6.45, 7) is 1.71. The quantitative estimate of drug-likeness (QED) is 0.644. The lowest BCUT2D eigenvalue weighted by molar-refractivity contribution is -0.115. The zero-order chi connectivity index (χ0) is 21.0. The first-order valence-electron chi connectivity index (χ1n) is 8.79. The molecule has 0 aliphatic heterocycles. The maximum atomic E-state index is 12.3. The number of pyridine rings is 1. The number of fused-ring (bicyclic) bond motifs is 1. The van der Waals surface area contributed by atoms with Crippen molar-refractivity contribution < 1.29 is 19.1 Å². The highest BCUT2D eigenvalue weighted by atomic mass is 35.5. The zero-order valence-electron chi connectivity index (χ0n) is 16.2. The van der Waals surface area contributed by atoms with Gasteiger partial charge in [0.1, 0.15) is 5.82 Å². The topological polar surface area (TPSA) is 89.5 Å². The number of benzene rings is 2. The first-order valence-corrected chi connectivity index (χ1v) is 9.16. The van der Waals surface area contributed by atoms with E-state index in [4.69, 9.17) is 21.1 Å². The Balaban J connectivity index is 1.65. The summed E-state index contributed by atoms with van der Waals surface area (Å²) in [5.74, 6) is 0.521. The number of carbonyl (C=O) groups excluding carboxylic acids is 2. The Morgan fingerprint density at radius 2 is 1.79 bits per heavy atom. The molecule has 1 aromatic heterocycles. The highest BCUT2D eigenvalue weighted by Crippen LogP contribution is 2.28. The fourth-order valence-corrected chi connectivity index (χ4v) is 3.03. The number of hydrogen-bond donors (Lipinski definition) is 2. The van der Waals surface area contributed by atoms with E-state index in [9.17, 15) is 9.59 Å². The van der Waals surface area contributed by atoms with Crippen molar-refractivity contribution in [1.29, 1.82) is 0 Å². The van der Waals surface area contributed by atoms with Crippen molar-refractivity contribution in [3.05, 3.63) is 58.6 Å². The van der Waals surface area contributed by atoms with Crippen LogP contribution in [0.5, 0.6) is 11.5 Å². The predicted octanol–water partition coefficient (Wildman–Crippen LogP) is 3.58. The summed E-state index contributed by atoms with van der Waals surface area (Å²) < 4.78 is 10.3. The Bertz CT molecular complexity index is 1080. The second-order valence-electron chi connectivity index (χ2n) is 6.26. The molecular weight excluding hydrogens is 394 g/mol. The van der Waals surface area contributed by atoms with E-state index in [1.807, 2.05) is 19.1 Å². The fraction of sp³-hybridized carbons (Fsp3) is 0.190. The van der Waals surface area contributed by atoms with Crippen molar-refractivity contribution in [2.24, 2.45) is 0 Å². The summed E-state index contributed by atoms with van der Waals surface area (Å²) >= 11 is 6.18. The van der Waals surface area contributed by atoms with Gasteiger partial charge in [0, 0.05) is 16.0 Å². The molecule has 7 nitrogen and oxygen atoms in total. The van der Waals surface area contributed by atoms with Gasteiger partial charge in [-0.25, -0.2) is 4.98 Å². The molecule has 0 unspecified atom stereocenters. The molecule has 0 saturated heterocycles. The third-order valence-electron chi connectivity index (χ3n) is 4.33. The van der Waals surface area contributed by atoms with Crippen molar-refractivity contribution in [3.8, 4) is 11.5 Å². The monoisotopic (exact) mass is 413 g/mol. The molecule has 8 heteroatoms. The minimum Gasteiger partial charge on any atom is -0.493 e. The molecule has 0 spiro atoms. The summed E-state index contributed by atoms with van der Waals surface area (Å²) in [5.41, 5.74) is 2.01. The highest BCUT2D eigenvalue weighted by Gasteiger charge is 2.13. The molecule has 150 valence electrons. The lowest BCUT2D eigenvalue weighted by Gasteiger charge is -2.11. The maximum absolute atomic E-state index is 12.3. The number of ether oxygens (including phenoxy) is 2. The van der Waals surface area contributed by atoms with Crippen LogP contribution in [0, 0.1) is 6.92 Å². The summed E-state index contributed by atoms with van der Waals surface area (Å²) in [7, 11) is 3.00. The van der Waals surface area contributed by atoms with Crippen LogP contribution in [0.4, 0.5) is 5.82 Å². The van der Waals surface area contributed by atoms with Crippen molar-refractivity contribution >= 4 is 40.1 Å². The number of aryl methyl sites for hydroxylation is 1. The average molecular weight is 414 g/mol. The molecule has 3 rings (SSSR count). The van der Waals surface area contributed by atoms with Crippen LogP contribution in [0.3, 0.4) is 0 Å². The number of amides is 2. The van der Waals surface area contributed by atoms with Gasteiger partial charge in [0.15, 0.2) is 11.5 Å². The molecular formula is C21H20ClN3O4. The van der Waals surface area contributed by atoms with Crippen LogP contribution >= 0.6 is 11.6 Å². The predicted molar refractivity (Wildman–Crippen MR) is 112 cm³/mol. The first kappa shape index (κ1) is 20.4. The van der Waals surface area contributed by atoms with Crippen LogP contribution in [0.1, 0.15) is 15.9 Å². The molecule has 2 aromatic carbocycles. The van der Waals surface area contributed by atoms with Crippen LogP contribution in [-0.2, 0) is 4.79 Å². The van der Waals surface area contributed by atoms with Crippen LogP contribution in [0.15, 0.2) is 42.5 Å². The summed E-state index contributed by atoms with van der Waals surface area (Å²) in [4.78, 5) is 29.0. The van der Waals surface area contributed by atoms with E-state index in [1.54, 1.807) is 30.3 Å². The molecule has 1 heterocycles. The van der Waals surface area contributed by atoms with Gasteiger partial charge >= 0.3 is 0 Å². The number of anilines is 1. The number of carbonyl (C=O) groups is 2. The van der Waals surface area contributed by atoms with Gasteiger partial charge < -0.3 is 20.1 Å². The summed E-state index contributed by atoms with van der Waals surface area (Å²) in [6.07, 6.45) is 0. The Morgan fingerprint density at radius 3 is 2.52 bits per heavy atom. The number of hydrogen-bond acceptors (Lipinski definition) is 5. The number of aromatic nitrogens is 1. The van der Waals surface area contributed by atoms with Gasteiger partial charge in [0.2, 0.25) is 5.91 Å². The Labute approximate surface area is 173 Å². The number of methoxy groups -OCH3 is 2. The van der Waals surface area contributed by atoms with Gasteiger partial charge in [0.25, 0.3) is 5.91 Å². The van der Waals surface area contributed by atoms with Crippen LogP contribution in [0.2, 0.25) is 5.02 Å². The molecule has 0 aliphatic carbocycles. The van der Waals surface area contributed by atoms with Gasteiger partial charge in [-0.05, 0) is 48.9 Å². The average Bonchev–Trinajstić information content (AvgIpc) is 2.74. The van der Waals surface area contributed by atoms with Crippen molar-refractivity contribution in [2.45, 2.75) is 6.92 Å². The van der Waals surface area contributed by atoms with E-state index in [1.165, 1.54) is 14.2 Å². The van der Waals surface area contributed by atoms with Crippen molar-refractivity contribution in [1.82, 2.24) is 10.3 Å². The second-order valence-corrected chi connectivity index (χ2v) is 6.66. The summed E-state index contributed by atoms with van der Waals surface area (Å²) in [6, 6.07) is 11.9. The van der Waals surface area contributed by atoms with Gasteiger partial charge in [-0.3, -0.25) is 9.59 Å². The Kier molecular flexibility index (Phi) is 6.19. The van der Waals surface area contributed by atoms with Crippen molar-refractivity contribution in [3.63, 3.8) is 0 Å². The van der Waals surface area contributed by atoms with Crippen LogP contribution in [-0.4, -0.2) is 37.6 Å². The smallest absolute Gasteiger partial charge is 0.251 e. The molecule has 29 heavy (non-hydrogen) atoms. The van der Waals surface area contributed by atoms with E-state index < -0.39 is 11.8 Å². The van der Waals surface area contributed by atoms with Gasteiger partial charge in [-0.2, -0.15) is 0 Å². The minimum atomic E-state index is -0.407. The van der Waals surface area contributed by atoms with Gasteiger partial charge in [0.05, 0.1) is 26.3 Å². The van der Waals surface area contributed by atoms with Gasteiger partial charge in [-0.1, -0.05) is 17.7 Å². The number of halogens is 1. The standard InChI is InChI=1S/C21H20ClN3O4/c1-12-4-7-15(22)14-6-9-18(25-20(12)14)24-19(26)11-23-21(27)13-5-8-16(28-2)17(10-13)29-3/h4-10H,11H2,1-3H3,(H,23,27)(H,24,25,26). The van der Waals surface area contributed by atoms with E-state index in [0.29, 0.717) is 33.4 Å². The second kappa shape index (κ2) is 8.79. The van der Waals surface area contributed by atoms with Crippen molar-refractivity contribution in [2.75, 3.05) is 26.1 Å². The van der Waals surface area contributed by atoms with E-state index in [0.717, 1.165) is 10.9 Å². The highest BCUT2D eigenvalue weighted by molar-refractivity contribution is 6.35. The zero-order valence-corrected chi connectivity index (χ0v) is 17.0. The molecule has 0 radical (unpaired) electrons. The molecule has 0 bridgehead atoms. The number of rotatable bonds is 6.